The SMILES string of the molecule is O=P([O-])(NCc1ccc2ccc3cccc4ccc1c2c34)SCc1ccccc1.[Na+]. The second kappa shape index (κ2) is 9.02. The van der Waals surface area contributed by atoms with Crippen LogP contribution in [0.4, 0.5) is 0 Å². The molecule has 0 amide bonds. The smallest absolute Gasteiger partial charge is 0.780 e. The predicted octanol–water partition coefficient (Wildman–Crippen LogP) is 3.08. The molecule has 1 unspecified atom stereocenters. The summed E-state index contributed by atoms with van der Waals surface area (Å²) in [7, 11) is 0. The van der Waals surface area contributed by atoms with Crippen molar-refractivity contribution in [2.45, 2.75) is 12.3 Å². The van der Waals surface area contributed by atoms with Crippen LogP contribution < -0.4 is 39.5 Å². The van der Waals surface area contributed by atoms with Crippen molar-refractivity contribution < 1.29 is 39.0 Å². The Morgan fingerprint density at radius 2 is 1.40 bits per heavy atom. The van der Waals surface area contributed by atoms with E-state index < -0.39 is 6.72 Å². The minimum atomic E-state index is -3.75. The summed E-state index contributed by atoms with van der Waals surface area (Å²) in [5.41, 5.74) is 1.99. The van der Waals surface area contributed by atoms with Crippen LogP contribution in [0.25, 0.3) is 32.3 Å². The van der Waals surface area contributed by atoms with Gasteiger partial charge in [0.2, 0.25) is 0 Å². The van der Waals surface area contributed by atoms with Crippen molar-refractivity contribution in [3.63, 3.8) is 0 Å². The Hall–Kier alpha value is -1.36. The van der Waals surface area contributed by atoms with Crippen molar-refractivity contribution in [3.8, 4) is 0 Å². The topological polar surface area (TPSA) is 52.2 Å². The molecule has 0 bridgehead atoms. The van der Waals surface area contributed by atoms with Gasteiger partial charge in [-0.15, -0.1) is 0 Å². The molecule has 3 nitrogen and oxygen atoms in total. The van der Waals surface area contributed by atoms with Crippen LogP contribution in [0.2, 0.25) is 0 Å². The van der Waals surface area contributed by atoms with Gasteiger partial charge in [-0.3, -0.25) is 5.09 Å². The summed E-state index contributed by atoms with van der Waals surface area (Å²) in [5.74, 6) is 0.438. The molecule has 5 rings (SSSR count). The quantitative estimate of drug-likeness (QED) is 0.251. The van der Waals surface area contributed by atoms with Gasteiger partial charge < -0.3 is 9.46 Å². The zero-order chi connectivity index (χ0) is 19.8. The fourth-order valence-corrected chi connectivity index (χ4v) is 6.30. The van der Waals surface area contributed by atoms with Gasteiger partial charge in [-0.05, 0) is 43.4 Å². The first-order chi connectivity index (χ1) is 14.1. The molecule has 144 valence electrons. The Kier molecular flexibility index (Phi) is 6.57. The fourth-order valence-electron chi connectivity index (χ4n) is 3.91. The summed E-state index contributed by atoms with van der Waals surface area (Å²) in [6, 6.07) is 28.6. The van der Waals surface area contributed by atoms with E-state index >= 15 is 0 Å². The Morgan fingerprint density at radius 3 is 2.13 bits per heavy atom. The Balaban J connectivity index is 0.00000218. The molecular formula is C24H19NNaO2PS. The molecule has 0 heterocycles. The second-order valence-corrected chi connectivity index (χ2v) is 11.2. The second-order valence-electron chi connectivity index (χ2n) is 7.17. The van der Waals surface area contributed by atoms with Gasteiger partial charge in [0.05, 0.1) is 0 Å². The molecule has 0 aliphatic heterocycles. The molecule has 0 aliphatic rings. The minimum absolute atomic E-state index is 0. The first kappa shape index (κ1) is 21.9. The molecule has 5 aromatic carbocycles. The zero-order valence-corrected chi connectivity index (χ0v) is 20.4. The third-order valence-electron chi connectivity index (χ3n) is 5.33. The largest absolute Gasteiger partial charge is 1.00 e. The fraction of sp³-hybridized carbons (Fsp3) is 0.0833. The van der Waals surface area contributed by atoms with Crippen molar-refractivity contribution >= 4 is 50.4 Å². The van der Waals surface area contributed by atoms with Crippen LogP contribution in [0.5, 0.6) is 0 Å². The van der Waals surface area contributed by atoms with Crippen LogP contribution >= 0.6 is 18.1 Å². The van der Waals surface area contributed by atoms with Crippen molar-refractivity contribution in [2.24, 2.45) is 0 Å². The average molecular weight is 439 g/mol. The van der Waals surface area contributed by atoms with E-state index in [-0.39, 0.29) is 36.1 Å². The molecule has 0 spiro atoms. The molecule has 6 heteroatoms. The summed E-state index contributed by atoms with van der Waals surface area (Å²) < 4.78 is 12.5. The van der Waals surface area contributed by atoms with Crippen molar-refractivity contribution in [1.29, 1.82) is 0 Å². The van der Waals surface area contributed by atoms with Gasteiger partial charge in [-0.25, -0.2) is 0 Å². The summed E-state index contributed by atoms with van der Waals surface area (Å²) >= 11 is 0.953. The van der Waals surface area contributed by atoms with Crippen molar-refractivity contribution in [2.75, 3.05) is 0 Å². The van der Waals surface area contributed by atoms with E-state index in [1.54, 1.807) is 0 Å². The maximum Gasteiger partial charge on any atom is 1.00 e. The Labute approximate surface area is 201 Å². The van der Waals surface area contributed by atoms with Crippen LogP contribution in [0, 0.1) is 0 Å². The van der Waals surface area contributed by atoms with E-state index in [0.29, 0.717) is 5.75 Å². The minimum Gasteiger partial charge on any atom is -0.780 e. The maximum absolute atomic E-state index is 12.5. The summed E-state index contributed by atoms with van der Waals surface area (Å²) in [4.78, 5) is 12.5. The third-order valence-corrected chi connectivity index (χ3v) is 8.47. The molecule has 0 aliphatic carbocycles. The van der Waals surface area contributed by atoms with Gasteiger partial charge in [0.25, 0.3) is 0 Å². The molecule has 0 saturated carbocycles. The van der Waals surface area contributed by atoms with Gasteiger partial charge in [0, 0.05) is 12.3 Å². The van der Waals surface area contributed by atoms with Crippen LogP contribution in [-0.4, -0.2) is 0 Å². The molecule has 0 saturated heterocycles. The van der Waals surface area contributed by atoms with Gasteiger partial charge in [0.1, 0.15) is 6.72 Å². The summed E-state index contributed by atoms with van der Waals surface area (Å²) in [5, 5.41) is 9.93. The van der Waals surface area contributed by atoms with Crippen molar-refractivity contribution in [3.05, 3.63) is 96.1 Å². The first-order valence-electron chi connectivity index (χ1n) is 9.51. The summed E-state index contributed by atoms with van der Waals surface area (Å²) in [6.45, 7) is -3.47. The molecule has 1 atom stereocenters. The number of nitrogens with one attached hydrogen (secondary N) is 1. The van der Waals surface area contributed by atoms with E-state index in [9.17, 15) is 9.46 Å². The van der Waals surface area contributed by atoms with E-state index in [4.69, 9.17) is 0 Å². The van der Waals surface area contributed by atoms with Gasteiger partial charge in [-0.2, -0.15) is 0 Å². The number of hydrogen-bond acceptors (Lipinski definition) is 3. The predicted molar refractivity (Wildman–Crippen MR) is 122 cm³/mol. The molecule has 30 heavy (non-hydrogen) atoms. The number of rotatable bonds is 6. The van der Waals surface area contributed by atoms with E-state index in [1.165, 1.54) is 26.9 Å². The van der Waals surface area contributed by atoms with Crippen molar-refractivity contribution in [1.82, 2.24) is 5.09 Å². The summed E-state index contributed by atoms with van der Waals surface area (Å²) in [6.07, 6.45) is 0. The first-order valence-corrected chi connectivity index (χ1v) is 12.7. The van der Waals surface area contributed by atoms with E-state index in [1.807, 2.05) is 36.4 Å². The number of hydrogen-bond donors (Lipinski definition) is 1. The Bertz CT molecular complexity index is 1340. The zero-order valence-electron chi connectivity index (χ0n) is 16.7. The van der Waals surface area contributed by atoms with E-state index in [0.717, 1.165) is 27.9 Å². The van der Waals surface area contributed by atoms with Gasteiger partial charge in [-0.1, -0.05) is 96.3 Å². The van der Waals surface area contributed by atoms with Crippen LogP contribution in [0.1, 0.15) is 11.1 Å². The normalized spacial score (nSPS) is 13.5. The third kappa shape index (κ3) is 4.32. The van der Waals surface area contributed by atoms with Gasteiger partial charge in [0.15, 0.2) is 0 Å². The Morgan fingerprint density at radius 1 is 0.767 bits per heavy atom. The molecule has 0 radical (unpaired) electrons. The standard InChI is InChI=1S/C24H20NO2PS.Na/c26-28(27,29-16-17-5-2-1-3-6-17)25-15-21-12-11-20-10-9-18-7-4-8-19-13-14-22(21)24(20)23(18)19;/h1-14H,15-16H2,(H2,25,26,27);/q;+1/p-1. The van der Waals surface area contributed by atoms with Crippen LogP contribution in [-0.2, 0) is 16.9 Å². The monoisotopic (exact) mass is 439 g/mol. The molecule has 5 aromatic rings. The molecule has 1 N–H and O–H groups in total. The van der Waals surface area contributed by atoms with E-state index in [2.05, 4.69) is 53.6 Å². The average Bonchev–Trinajstić information content (AvgIpc) is 2.76. The maximum atomic E-state index is 12.5. The van der Waals surface area contributed by atoms with Gasteiger partial charge >= 0.3 is 29.6 Å². The molecular weight excluding hydrogens is 420 g/mol. The molecule has 0 aromatic heterocycles. The van der Waals surface area contributed by atoms with Crippen LogP contribution in [0.3, 0.4) is 0 Å². The van der Waals surface area contributed by atoms with Crippen LogP contribution in [0.15, 0.2) is 84.9 Å². The molecule has 0 fully saturated rings. The number of benzene rings is 5.